The summed E-state index contributed by atoms with van der Waals surface area (Å²) in [4.78, 5) is 155. The smallest absolute Gasteiger partial charge is 0.408 e. The fourth-order valence-corrected chi connectivity index (χ4v) is 7.09. The van der Waals surface area contributed by atoms with Gasteiger partial charge in [0.2, 0.25) is 5.91 Å². The zero-order valence-corrected chi connectivity index (χ0v) is 40.8. The molecule has 0 radical (unpaired) electrons. The van der Waals surface area contributed by atoms with Crippen molar-refractivity contribution in [1.29, 1.82) is 0 Å². The van der Waals surface area contributed by atoms with E-state index < -0.39 is 115 Å². The summed E-state index contributed by atoms with van der Waals surface area (Å²) in [5.74, 6) is -6.91. The number of amides is 6. The van der Waals surface area contributed by atoms with Crippen LogP contribution >= 0.6 is 0 Å². The van der Waals surface area contributed by atoms with E-state index in [2.05, 4.69) is 64.5 Å². The van der Waals surface area contributed by atoms with Crippen LogP contribution in [0, 0.1) is 0 Å². The molecule has 10 N–H and O–H groups in total. The van der Waals surface area contributed by atoms with E-state index in [1.54, 1.807) is 0 Å². The minimum Gasteiger partial charge on any atom is -0.466 e. The number of hydrogen-bond donors (Lipinski definition) is 10. The fraction of sp³-hybridized carbons (Fsp3) is 0.447. The van der Waals surface area contributed by atoms with Crippen molar-refractivity contribution in [1.82, 2.24) is 58.1 Å². The molecule has 3 rings (SSSR count). The van der Waals surface area contributed by atoms with Crippen LogP contribution in [0.3, 0.4) is 0 Å². The molecule has 6 amide bonds. The first-order chi connectivity index (χ1) is 34.3. The summed E-state index contributed by atoms with van der Waals surface area (Å²) in [5, 5.41) is 24.6. The molecule has 0 saturated carbocycles. The molecule has 0 heterocycles. The first-order valence-corrected chi connectivity index (χ1v) is 22.7. The first kappa shape index (κ1) is 58.7. The highest BCUT2D eigenvalue weighted by atomic mass is 16.5. The SMILES string of the molecule is C=CCN(C(=O)[C@H](NC(=O)OCC1c2ccccc2-c2ccccc21)N[C@@H](C)C=O)[C@@H](N[C@@H](C)C=O)C(=O)N[C@@H](N[C@@H](C)C=O)C(=O)N[C@@H](N[C@@H](C)C=O)C(=O)N[C@@H](C)C(=O)N[C@@H](N[C@@H](C)C=O)C(=O)OC. The van der Waals surface area contributed by atoms with Gasteiger partial charge in [-0.05, 0) is 63.8 Å². The molecule has 0 bridgehead atoms. The van der Waals surface area contributed by atoms with Crippen molar-refractivity contribution in [2.24, 2.45) is 0 Å². The van der Waals surface area contributed by atoms with Crippen LogP contribution in [-0.4, -0.2) is 165 Å². The van der Waals surface area contributed by atoms with Crippen molar-refractivity contribution in [3.63, 3.8) is 0 Å². The molecule has 390 valence electrons. The molecule has 25 nitrogen and oxygen atoms in total. The average Bonchev–Trinajstić information content (AvgIpc) is 3.70. The number of benzene rings is 2. The summed E-state index contributed by atoms with van der Waals surface area (Å²) in [6.45, 7) is 11.0. The van der Waals surface area contributed by atoms with Crippen molar-refractivity contribution in [3.05, 3.63) is 72.3 Å². The monoisotopic (exact) mass is 1010 g/mol. The largest absolute Gasteiger partial charge is 0.466 e. The summed E-state index contributed by atoms with van der Waals surface area (Å²) >= 11 is 0. The Bertz CT molecular complexity index is 2260. The Hall–Kier alpha value is -7.58. The number of carbonyl (C=O) groups excluding carboxylic acids is 12. The Balaban J connectivity index is 1.92. The fourth-order valence-electron chi connectivity index (χ4n) is 7.09. The van der Waals surface area contributed by atoms with Gasteiger partial charge in [-0.3, -0.25) is 55.9 Å². The number of ether oxygens (including phenoxy) is 2. The van der Waals surface area contributed by atoms with Gasteiger partial charge >= 0.3 is 12.1 Å². The van der Waals surface area contributed by atoms with Crippen molar-refractivity contribution in [2.75, 3.05) is 20.3 Å². The zero-order chi connectivity index (χ0) is 53.7. The minimum absolute atomic E-state index is 0.155. The van der Waals surface area contributed by atoms with E-state index in [0.29, 0.717) is 31.4 Å². The van der Waals surface area contributed by atoms with Crippen LogP contribution in [0.15, 0.2) is 61.2 Å². The lowest BCUT2D eigenvalue weighted by atomic mass is 9.98. The topological polar surface area (TPSA) is 347 Å². The van der Waals surface area contributed by atoms with Crippen LogP contribution < -0.4 is 53.2 Å². The number of carbonyl (C=O) groups is 12. The number of fused-ring (bicyclic) bond motifs is 3. The van der Waals surface area contributed by atoms with Crippen molar-refractivity contribution < 1.29 is 67.0 Å². The van der Waals surface area contributed by atoms with Crippen molar-refractivity contribution in [2.45, 2.75) is 115 Å². The molecule has 0 aromatic heterocycles. The predicted molar refractivity (Wildman–Crippen MR) is 256 cm³/mol. The molecule has 0 aliphatic heterocycles. The van der Waals surface area contributed by atoms with Gasteiger partial charge < -0.3 is 59.6 Å². The predicted octanol–water partition coefficient (Wildman–Crippen LogP) is -2.92. The Morgan fingerprint density at radius 3 is 1.44 bits per heavy atom. The molecule has 25 heteroatoms. The average molecular weight is 1010 g/mol. The van der Waals surface area contributed by atoms with Gasteiger partial charge in [0.15, 0.2) is 30.8 Å². The van der Waals surface area contributed by atoms with E-state index in [1.807, 2.05) is 48.5 Å². The van der Waals surface area contributed by atoms with E-state index in [4.69, 9.17) is 4.74 Å². The van der Waals surface area contributed by atoms with Crippen LogP contribution in [0.25, 0.3) is 11.1 Å². The third-order valence-corrected chi connectivity index (χ3v) is 10.8. The Labute approximate surface area is 415 Å². The molecule has 0 saturated heterocycles. The van der Waals surface area contributed by atoms with Crippen LogP contribution in [0.1, 0.15) is 58.6 Å². The van der Waals surface area contributed by atoms with Gasteiger partial charge in [-0.15, -0.1) is 6.58 Å². The quantitative estimate of drug-likeness (QED) is 0.0157. The van der Waals surface area contributed by atoms with Gasteiger partial charge in [0.05, 0.1) is 37.3 Å². The summed E-state index contributed by atoms with van der Waals surface area (Å²) in [5.41, 5.74) is 3.74. The highest BCUT2D eigenvalue weighted by Gasteiger charge is 2.39. The van der Waals surface area contributed by atoms with E-state index in [1.165, 1.54) is 47.6 Å². The number of rotatable bonds is 31. The van der Waals surface area contributed by atoms with E-state index in [-0.39, 0.29) is 12.5 Å². The number of esters is 1. The molecule has 0 fully saturated rings. The van der Waals surface area contributed by atoms with Gasteiger partial charge in [-0.25, -0.2) is 9.59 Å². The summed E-state index contributed by atoms with van der Waals surface area (Å²) in [7, 11) is 1.03. The molecular formula is C47H63N11O14. The molecule has 11 atom stereocenters. The zero-order valence-electron chi connectivity index (χ0n) is 40.8. The Morgan fingerprint density at radius 1 is 0.556 bits per heavy atom. The highest BCUT2D eigenvalue weighted by molar-refractivity contribution is 5.97. The van der Waals surface area contributed by atoms with Crippen LogP contribution in [0.5, 0.6) is 0 Å². The molecule has 2 aromatic carbocycles. The van der Waals surface area contributed by atoms with Gasteiger partial charge in [0, 0.05) is 12.5 Å². The molecule has 0 unspecified atom stereocenters. The Morgan fingerprint density at radius 2 is 0.972 bits per heavy atom. The van der Waals surface area contributed by atoms with Crippen LogP contribution in [-0.2, 0) is 62.2 Å². The third-order valence-electron chi connectivity index (χ3n) is 10.8. The standard InChI is InChI=1S/C47H63N11O14/c1-9-18-58(45(68)38(50-27(4)21-61)57-47(70)72-24-35-33-16-12-10-14-31(33)32-15-11-13-17-34(32)35)40(52-29(6)23-63)44(67)55-37(49-26(3)20-60)43(66)54-36(48-25(2)19-59)42(65)53-30(7)41(64)56-39(46(69)71-8)51-28(5)22-62/h9-17,19-23,25-30,35-40,48-52H,1,18,24H2,2-8H3,(H,53,65)(H,54,66)(H,55,67)(H,56,64)(H,57,70)/t25-,26-,27-,28-,29-,30-,36+,37+,38-,39+,40+/m0/s1. The number of aldehydes is 5. The lowest BCUT2D eigenvalue weighted by molar-refractivity contribution is -0.146. The lowest BCUT2D eigenvalue weighted by Gasteiger charge is -2.36. The molecule has 0 spiro atoms. The first-order valence-electron chi connectivity index (χ1n) is 22.7. The number of nitrogens with one attached hydrogen (secondary N) is 10. The molecule has 72 heavy (non-hydrogen) atoms. The normalized spacial score (nSPS) is 16.2. The molecule has 1 aliphatic carbocycles. The van der Waals surface area contributed by atoms with Gasteiger partial charge in [-0.2, -0.15) is 0 Å². The summed E-state index contributed by atoms with van der Waals surface area (Å²) in [6, 6.07) is 8.29. The molecule has 1 aliphatic rings. The van der Waals surface area contributed by atoms with Crippen molar-refractivity contribution in [3.8, 4) is 11.1 Å². The van der Waals surface area contributed by atoms with Crippen LogP contribution in [0.2, 0.25) is 0 Å². The number of alkyl carbamates (subject to hydrolysis) is 1. The van der Waals surface area contributed by atoms with E-state index >= 15 is 0 Å². The summed E-state index contributed by atoms with van der Waals surface area (Å²) in [6.07, 6.45) is -6.79. The summed E-state index contributed by atoms with van der Waals surface area (Å²) < 4.78 is 10.3. The second kappa shape index (κ2) is 28.9. The number of hydrogen-bond acceptors (Lipinski definition) is 19. The highest BCUT2D eigenvalue weighted by Crippen LogP contribution is 2.44. The maximum Gasteiger partial charge on any atom is 0.408 e. The van der Waals surface area contributed by atoms with Gasteiger partial charge in [-0.1, -0.05) is 54.6 Å². The maximum absolute atomic E-state index is 14.6. The number of nitrogens with zero attached hydrogens (tertiary/aromatic N) is 1. The third kappa shape index (κ3) is 16.8. The van der Waals surface area contributed by atoms with E-state index in [9.17, 15) is 57.5 Å². The van der Waals surface area contributed by atoms with Crippen molar-refractivity contribution >= 4 is 73.0 Å². The molecular weight excluding hydrogens is 943 g/mol. The second-order valence-corrected chi connectivity index (χ2v) is 16.6. The maximum atomic E-state index is 14.6. The van der Waals surface area contributed by atoms with Crippen LogP contribution in [0.4, 0.5) is 4.79 Å². The van der Waals surface area contributed by atoms with Gasteiger partial charge in [0.1, 0.15) is 44.1 Å². The minimum atomic E-state index is -1.94. The Kier molecular flexibility index (Phi) is 23.6. The number of methoxy groups -OCH3 is 1. The second-order valence-electron chi connectivity index (χ2n) is 16.6. The van der Waals surface area contributed by atoms with E-state index in [0.717, 1.165) is 34.3 Å². The molecule has 2 aromatic rings. The lowest BCUT2D eigenvalue weighted by Crippen LogP contribution is -2.69. The van der Waals surface area contributed by atoms with Gasteiger partial charge in [0.25, 0.3) is 23.6 Å².